The van der Waals surface area contributed by atoms with E-state index in [9.17, 15) is 18.7 Å². The number of hydrogen-bond acceptors (Lipinski definition) is 3. The zero-order valence-electron chi connectivity index (χ0n) is 10.2. The van der Waals surface area contributed by atoms with Gasteiger partial charge in [-0.25, -0.2) is 18.6 Å². The summed E-state index contributed by atoms with van der Waals surface area (Å²) >= 11 is 5.71. The van der Waals surface area contributed by atoms with Crippen LogP contribution in [0, 0.1) is 0 Å². The van der Waals surface area contributed by atoms with Gasteiger partial charge in [-0.3, -0.25) is 0 Å². The van der Waals surface area contributed by atoms with Gasteiger partial charge in [0.05, 0.1) is 0 Å². The van der Waals surface area contributed by atoms with Gasteiger partial charge >= 0.3 is 5.97 Å². The van der Waals surface area contributed by atoms with Crippen molar-refractivity contribution in [2.24, 2.45) is 0 Å². The number of carboxylic acids is 1. The maximum Gasteiger partial charge on any atom is 0.352 e. The van der Waals surface area contributed by atoms with Gasteiger partial charge in [-0.1, -0.05) is 0 Å². The molecule has 1 saturated carbocycles. The molecule has 0 aliphatic heterocycles. The first-order valence-electron chi connectivity index (χ1n) is 6.02. The van der Waals surface area contributed by atoms with Gasteiger partial charge in [-0.2, -0.15) is 4.98 Å². The molecule has 0 radical (unpaired) electrons. The summed E-state index contributed by atoms with van der Waals surface area (Å²) in [6.45, 7) is 0. The van der Waals surface area contributed by atoms with Crippen LogP contribution in [-0.4, -0.2) is 31.5 Å². The van der Waals surface area contributed by atoms with Crippen LogP contribution in [0.25, 0.3) is 11.0 Å². The van der Waals surface area contributed by atoms with E-state index in [-0.39, 0.29) is 29.5 Å². The highest BCUT2D eigenvalue weighted by atomic mass is 35.5. The predicted octanol–water partition coefficient (Wildman–Crippen LogP) is 3.14. The zero-order valence-corrected chi connectivity index (χ0v) is 10.9. The quantitative estimate of drug-likeness (QED) is 0.865. The van der Waals surface area contributed by atoms with Crippen LogP contribution >= 0.6 is 11.6 Å². The van der Waals surface area contributed by atoms with Crippen molar-refractivity contribution in [2.75, 3.05) is 0 Å². The average Bonchev–Trinajstić information content (AvgIpc) is 2.88. The molecule has 1 N–H and O–H groups in total. The lowest BCUT2D eigenvalue weighted by atomic mass is 10.2. The maximum absolute atomic E-state index is 13.4. The maximum atomic E-state index is 13.4. The monoisotopic (exact) mass is 301 g/mol. The Hall–Kier alpha value is -1.76. The van der Waals surface area contributed by atoms with Crippen molar-refractivity contribution in [3.05, 3.63) is 23.2 Å². The Kier molecular flexibility index (Phi) is 2.89. The summed E-state index contributed by atoms with van der Waals surface area (Å²) in [6, 6.07) is 0.782. The fourth-order valence-electron chi connectivity index (χ4n) is 2.67. The summed E-state index contributed by atoms with van der Waals surface area (Å²) in [5.41, 5.74) is 0.212. The minimum absolute atomic E-state index is 0.0430. The van der Waals surface area contributed by atoms with Crippen molar-refractivity contribution in [1.82, 2.24) is 14.5 Å². The van der Waals surface area contributed by atoms with Crippen molar-refractivity contribution < 1.29 is 18.7 Å². The molecule has 1 atom stereocenters. The molecule has 0 saturated heterocycles. The van der Waals surface area contributed by atoms with Gasteiger partial charge in [0.1, 0.15) is 11.3 Å². The molecule has 0 amide bonds. The van der Waals surface area contributed by atoms with Gasteiger partial charge in [-0.15, -0.1) is 0 Å². The van der Waals surface area contributed by atoms with E-state index in [1.54, 1.807) is 0 Å². The van der Waals surface area contributed by atoms with Gasteiger partial charge in [0, 0.05) is 30.5 Å². The Morgan fingerprint density at radius 3 is 2.90 bits per heavy atom. The summed E-state index contributed by atoms with van der Waals surface area (Å²) in [6.07, 6.45) is 0.952. The number of aromatic nitrogens is 3. The van der Waals surface area contributed by atoms with E-state index in [2.05, 4.69) is 9.97 Å². The number of fused-ring (bicyclic) bond motifs is 1. The zero-order chi connectivity index (χ0) is 14.5. The van der Waals surface area contributed by atoms with Crippen LogP contribution in [0.2, 0.25) is 5.28 Å². The van der Waals surface area contributed by atoms with E-state index in [0.29, 0.717) is 5.39 Å². The minimum Gasteiger partial charge on any atom is -0.477 e. The molecule has 106 valence electrons. The average molecular weight is 302 g/mol. The SMILES string of the molecule is O=C(O)c1cc2cnc(Cl)nc2n1C1CCC(F)(F)C1. The Balaban J connectivity index is 2.19. The second kappa shape index (κ2) is 4.37. The summed E-state index contributed by atoms with van der Waals surface area (Å²) in [5.74, 6) is -3.96. The number of halogens is 3. The van der Waals surface area contributed by atoms with Crippen molar-refractivity contribution in [2.45, 2.75) is 31.2 Å². The molecule has 1 fully saturated rings. The lowest BCUT2D eigenvalue weighted by molar-refractivity contribution is 0.00555. The van der Waals surface area contributed by atoms with Gasteiger partial charge in [0.2, 0.25) is 11.2 Å². The van der Waals surface area contributed by atoms with Gasteiger partial charge in [0.15, 0.2) is 0 Å². The van der Waals surface area contributed by atoms with Crippen LogP contribution in [0.3, 0.4) is 0 Å². The highest BCUT2D eigenvalue weighted by molar-refractivity contribution is 6.28. The smallest absolute Gasteiger partial charge is 0.352 e. The molecule has 20 heavy (non-hydrogen) atoms. The molecule has 3 rings (SSSR count). The molecular weight excluding hydrogens is 292 g/mol. The number of nitrogens with zero attached hydrogens (tertiary/aromatic N) is 3. The molecule has 8 heteroatoms. The van der Waals surface area contributed by atoms with E-state index in [1.165, 1.54) is 16.8 Å². The summed E-state index contributed by atoms with van der Waals surface area (Å²) in [7, 11) is 0. The highest BCUT2D eigenvalue weighted by Gasteiger charge is 2.41. The second-order valence-corrected chi connectivity index (χ2v) is 5.21. The molecule has 0 aromatic carbocycles. The van der Waals surface area contributed by atoms with Gasteiger partial charge in [0.25, 0.3) is 0 Å². The fraction of sp³-hybridized carbons (Fsp3) is 0.417. The lowest BCUT2D eigenvalue weighted by Gasteiger charge is -2.15. The van der Waals surface area contributed by atoms with E-state index < -0.39 is 24.4 Å². The fourth-order valence-corrected chi connectivity index (χ4v) is 2.80. The molecule has 1 aliphatic carbocycles. The van der Waals surface area contributed by atoms with Crippen LogP contribution in [0.4, 0.5) is 8.78 Å². The largest absolute Gasteiger partial charge is 0.477 e. The molecule has 5 nitrogen and oxygen atoms in total. The van der Waals surface area contributed by atoms with Crippen LogP contribution in [0.5, 0.6) is 0 Å². The number of carboxylic acid groups (broad SMARTS) is 1. The Labute approximate surface area is 117 Å². The first kappa shape index (κ1) is 13.2. The molecule has 0 spiro atoms. The number of aromatic carboxylic acids is 1. The first-order chi connectivity index (χ1) is 9.37. The molecule has 1 unspecified atom stereocenters. The Morgan fingerprint density at radius 2 is 2.30 bits per heavy atom. The van der Waals surface area contributed by atoms with Crippen molar-refractivity contribution >= 4 is 28.6 Å². The van der Waals surface area contributed by atoms with Gasteiger partial charge < -0.3 is 9.67 Å². The highest BCUT2D eigenvalue weighted by Crippen LogP contribution is 2.43. The third-order valence-corrected chi connectivity index (χ3v) is 3.69. The van der Waals surface area contributed by atoms with Crippen LogP contribution < -0.4 is 0 Å². The second-order valence-electron chi connectivity index (χ2n) is 4.88. The Morgan fingerprint density at radius 1 is 1.55 bits per heavy atom. The van der Waals surface area contributed by atoms with Crippen molar-refractivity contribution in [1.29, 1.82) is 0 Å². The predicted molar refractivity (Wildman–Crippen MR) is 67.3 cm³/mol. The summed E-state index contributed by atoms with van der Waals surface area (Å²) in [5, 5.41) is 9.67. The molecule has 2 heterocycles. The van der Waals surface area contributed by atoms with Crippen molar-refractivity contribution in [3.63, 3.8) is 0 Å². The van der Waals surface area contributed by atoms with Crippen LogP contribution in [0.15, 0.2) is 12.3 Å². The standard InChI is InChI=1S/C12H10ClF2N3O2/c13-11-16-5-6-3-8(10(19)20)18(9(6)17-11)7-1-2-12(14,15)4-7/h3,5,7H,1-2,4H2,(H,19,20). The lowest BCUT2D eigenvalue weighted by Crippen LogP contribution is -2.16. The molecular formula is C12H10ClF2N3O2. The molecule has 2 aromatic rings. The van der Waals surface area contributed by atoms with E-state index >= 15 is 0 Å². The van der Waals surface area contributed by atoms with E-state index in [4.69, 9.17) is 11.6 Å². The third kappa shape index (κ3) is 2.11. The van der Waals surface area contributed by atoms with Gasteiger partial charge in [-0.05, 0) is 24.1 Å². The first-order valence-corrected chi connectivity index (χ1v) is 6.40. The van der Waals surface area contributed by atoms with Crippen LogP contribution in [0.1, 0.15) is 35.8 Å². The minimum atomic E-state index is -2.77. The van der Waals surface area contributed by atoms with Crippen molar-refractivity contribution in [3.8, 4) is 0 Å². The normalized spacial score (nSPS) is 21.4. The number of hydrogen-bond donors (Lipinski definition) is 1. The van der Waals surface area contributed by atoms with E-state index in [0.717, 1.165) is 0 Å². The number of carbonyl (C=O) groups is 1. The third-order valence-electron chi connectivity index (χ3n) is 3.51. The molecule has 0 bridgehead atoms. The summed E-state index contributed by atoms with van der Waals surface area (Å²) in [4.78, 5) is 19.1. The topological polar surface area (TPSA) is 68.0 Å². The number of alkyl halides is 2. The van der Waals surface area contributed by atoms with E-state index in [1.807, 2.05) is 0 Å². The molecule has 1 aliphatic rings. The van der Waals surface area contributed by atoms with Crippen LogP contribution in [-0.2, 0) is 0 Å². The Bertz CT molecular complexity index is 701. The number of rotatable bonds is 2. The molecule has 2 aromatic heterocycles. The summed E-state index contributed by atoms with van der Waals surface area (Å²) < 4.78 is 28.1.